The summed E-state index contributed by atoms with van der Waals surface area (Å²) in [4.78, 5) is 0. The predicted molar refractivity (Wildman–Crippen MR) is 69.1 cm³/mol. The molecule has 2 aliphatic rings. The summed E-state index contributed by atoms with van der Waals surface area (Å²) in [7, 11) is -1.40. The van der Waals surface area contributed by atoms with Crippen LogP contribution in [0.25, 0.3) is 0 Å². The van der Waals surface area contributed by atoms with E-state index in [9.17, 15) is 0 Å². The van der Waals surface area contributed by atoms with E-state index in [-0.39, 0.29) is 0 Å². The molecule has 0 amide bonds. The van der Waals surface area contributed by atoms with E-state index in [4.69, 9.17) is 9.16 Å². The molecule has 2 rings (SSSR count). The molecule has 2 fully saturated rings. The topological polar surface area (TPSA) is 21.8 Å². The lowest BCUT2D eigenvalue weighted by molar-refractivity contribution is 0.228. The van der Waals surface area contributed by atoms with Crippen molar-refractivity contribution in [2.45, 2.75) is 77.0 Å². The van der Waals surface area contributed by atoms with Gasteiger partial charge < -0.3 is 9.16 Å². The van der Waals surface area contributed by atoms with Crippen molar-refractivity contribution in [3.63, 3.8) is 0 Å². The molecule has 0 N–H and O–H groups in total. The zero-order valence-corrected chi connectivity index (χ0v) is 12.2. The van der Waals surface area contributed by atoms with Crippen molar-refractivity contribution in [1.82, 2.24) is 0 Å². The molecular weight excluding hydrogens is 216 g/mol. The van der Waals surface area contributed by atoms with Crippen molar-refractivity contribution in [1.29, 1.82) is 0 Å². The fourth-order valence-electron chi connectivity index (χ4n) is 3.00. The number of rotatable bonds is 5. The van der Waals surface area contributed by atoms with Crippen LogP contribution in [0, 0.1) is 5.92 Å². The minimum atomic E-state index is -1.40. The summed E-state index contributed by atoms with van der Waals surface area (Å²) in [6, 6.07) is 1.31. The van der Waals surface area contributed by atoms with Gasteiger partial charge in [0.15, 0.2) is 8.32 Å². The van der Waals surface area contributed by atoms with E-state index in [2.05, 4.69) is 26.9 Å². The molecule has 1 saturated carbocycles. The third-order valence-electron chi connectivity index (χ3n) is 3.82. The molecule has 3 heteroatoms. The molecule has 0 aromatic heterocycles. The Labute approximate surface area is 101 Å². The van der Waals surface area contributed by atoms with Gasteiger partial charge in [-0.25, -0.2) is 0 Å². The van der Waals surface area contributed by atoms with Crippen LogP contribution in [0.1, 0.15) is 39.5 Å². The van der Waals surface area contributed by atoms with Gasteiger partial charge in [0, 0.05) is 6.10 Å². The largest absolute Gasteiger partial charge is 0.415 e. The van der Waals surface area contributed by atoms with E-state index >= 15 is 0 Å². The zero-order valence-electron chi connectivity index (χ0n) is 11.2. The first-order chi connectivity index (χ1) is 7.46. The molecule has 1 saturated heterocycles. The van der Waals surface area contributed by atoms with Gasteiger partial charge >= 0.3 is 0 Å². The van der Waals surface area contributed by atoms with Crippen molar-refractivity contribution < 1.29 is 9.16 Å². The molecule has 1 aliphatic carbocycles. The van der Waals surface area contributed by atoms with Crippen molar-refractivity contribution in [3.05, 3.63) is 0 Å². The Balaban J connectivity index is 1.69. The summed E-state index contributed by atoms with van der Waals surface area (Å²) in [5, 5.41) is 0. The Bertz CT molecular complexity index is 240. The Kier molecular flexibility index (Phi) is 3.77. The number of ether oxygens (including phenoxy) is 1. The molecular formula is C13H26O2Si. The van der Waals surface area contributed by atoms with E-state index in [0.717, 1.165) is 5.92 Å². The third-order valence-corrected chi connectivity index (χ3v) is 6.42. The maximum absolute atomic E-state index is 6.07. The van der Waals surface area contributed by atoms with Crippen molar-refractivity contribution in [2.75, 3.05) is 0 Å². The molecule has 0 aromatic rings. The molecule has 3 atom stereocenters. The highest BCUT2D eigenvalue weighted by atomic mass is 28.4. The second-order valence-electron chi connectivity index (χ2n) is 6.36. The highest BCUT2D eigenvalue weighted by molar-refractivity contribution is 6.71. The summed E-state index contributed by atoms with van der Waals surface area (Å²) in [6.07, 6.45) is 7.04. The lowest BCUT2D eigenvalue weighted by atomic mass is 9.88. The van der Waals surface area contributed by atoms with Crippen LogP contribution in [-0.2, 0) is 9.16 Å². The molecule has 16 heavy (non-hydrogen) atoms. The molecule has 0 spiro atoms. The smallest absolute Gasteiger partial charge is 0.187 e. The second kappa shape index (κ2) is 4.79. The summed E-state index contributed by atoms with van der Waals surface area (Å²) >= 11 is 0. The first-order valence-corrected chi connectivity index (χ1v) is 9.91. The Morgan fingerprint density at radius 3 is 2.62 bits per heavy atom. The van der Waals surface area contributed by atoms with Gasteiger partial charge in [-0.3, -0.25) is 0 Å². The molecule has 0 aromatic carbocycles. The summed E-state index contributed by atoms with van der Waals surface area (Å²) in [5.41, 5.74) is 0. The Morgan fingerprint density at radius 1 is 1.25 bits per heavy atom. The molecule has 2 nitrogen and oxygen atoms in total. The lowest BCUT2D eigenvalue weighted by Crippen LogP contribution is -2.34. The predicted octanol–water partition coefficient (Wildman–Crippen LogP) is 3.57. The van der Waals surface area contributed by atoms with Gasteiger partial charge in [0.05, 0.1) is 12.2 Å². The van der Waals surface area contributed by atoms with Gasteiger partial charge in [-0.2, -0.15) is 0 Å². The second-order valence-corrected chi connectivity index (χ2v) is 10.6. The van der Waals surface area contributed by atoms with Crippen molar-refractivity contribution in [3.8, 4) is 0 Å². The van der Waals surface area contributed by atoms with Crippen LogP contribution < -0.4 is 0 Å². The molecule has 1 aliphatic heterocycles. The van der Waals surface area contributed by atoms with Gasteiger partial charge in [-0.05, 0) is 58.2 Å². The highest BCUT2D eigenvalue weighted by Gasteiger charge is 2.43. The molecule has 0 bridgehead atoms. The van der Waals surface area contributed by atoms with Crippen molar-refractivity contribution in [2.24, 2.45) is 5.92 Å². The molecule has 3 unspecified atom stereocenters. The van der Waals surface area contributed by atoms with Crippen LogP contribution >= 0.6 is 0 Å². The highest BCUT2D eigenvalue weighted by Crippen LogP contribution is 2.41. The van der Waals surface area contributed by atoms with Gasteiger partial charge in [0.2, 0.25) is 0 Å². The number of hydrogen-bond acceptors (Lipinski definition) is 2. The van der Waals surface area contributed by atoms with Crippen LogP contribution in [0.3, 0.4) is 0 Å². The molecule has 0 radical (unpaired) electrons. The lowest BCUT2D eigenvalue weighted by Gasteiger charge is -2.28. The first kappa shape index (κ1) is 12.6. The van der Waals surface area contributed by atoms with Crippen molar-refractivity contribution >= 4 is 8.32 Å². The minimum Gasteiger partial charge on any atom is -0.415 e. The number of hydrogen-bond donors (Lipinski definition) is 0. The van der Waals surface area contributed by atoms with E-state index in [1.165, 1.54) is 31.7 Å². The normalized spacial score (nSPS) is 33.9. The Hall–Kier alpha value is 0.137. The first-order valence-electron chi connectivity index (χ1n) is 6.79. The van der Waals surface area contributed by atoms with Crippen LogP contribution in [0.4, 0.5) is 0 Å². The summed E-state index contributed by atoms with van der Waals surface area (Å²) in [5.74, 6) is 0.909. The number of epoxide rings is 1. The van der Waals surface area contributed by atoms with E-state index in [1.807, 2.05) is 0 Å². The van der Waals surface area contributed by atoms with Crippen LogP contribution in [-0.4, -0.2) is 26.6 Å². The van der Waals surface area contributed by atoms with Gasteiger partial charge in [-0.15, -0.1) is 0 Å². The van der Waals surface area contributed by atoms with Gasteiger partial charge in [-0.1, -0.05) is 6.42 Å². The molecule has 94 valence electrons. The van der Waals surface area contributed by atoms with Crippen LogP contribution in [0.2, 0.25) is 19.1 Å². The average molecular weight is 242 g/mol. The van der Waals surface area contributed by atoms with Gasteiger partial charge in [0.1, 0.15) is 0 Å². The van der Waals surface area contributed by atoms with E-state index < -0.39 is 8.32 Å². The van der Waals surface area contributed by atoms with Crippen LogP contribution in [0.5, 0.6) is 0 Å². The fraction of sp³-hybridized carbons (Fsp3) is 1.00. The summed E-state index contributed by atoms with van der Waals surface area (Å²) in [6.45, 7) is 9.01. The third kappa shape index (κ3) is 3.57. The summed E-state index contributed by atoms with van der Waals surface area (Å²) < 4.78 is 11.7. The SMILES string of the molecule is CC(C)O[Si](C)(C)CCC1CCC2OC2C1. The van der Waals surface area contributed by atoms with Crippen LogP contribution in [0.15, 0.2) is 0 Å². The molecule has 1 heterocycles. The number of fused-ring (bicyclic) bond motifs is 1. The Morgan fingerprint density at radius 2 is 2.00 bits per heavy atom. The fourth-order valence-corrected chi connectivity index (χ4v) is 5.50. The van der Waals surface area contributed by atoms with E-state index in [1.54, 1.807) is 0 Å². The zero-order chi connectivity index (χ0) is 11.8. The maximum atomic E-state index is 6.07. The average Bonchev–Trinajstić information content (AvgIpc) is 2.90. The van der Waals surface area contributed by atoms with E-state index in [0.29, 0.717) is 18.3 Å². The quantitative estimate of drug-likeness (QED) is 0.543. The minimum absolute atomic E-state index is 0.393. The monoisotopic (exact) mass is 242 g/mol. The standard InChI is InChI=1S/C13H26O2Si/c1-10(2)15-16(3,4)8-7-11-5-6-12-13(9-11)14-12/h10-13H,5-9H2,1-4H3. The maximum Gasteiger partial charge on any atom is 0.187 e. The van der Waals surface area contributed by atoms with Gasteiger partial charge in [0.25, 0.3) is 0 Å².